The molecule has 0 radical (unpaired) electrons. The van der Waals surface area contributed by atoms with Gasteiger partial charge >= 0.3 is 0 Å². The molecule has 14 aromatic carbocycles. The fraction of sp³-hybridized carbons (Fsp3) is 0.0455. The van der Waals surface area contributed by atoms with Crippen LogP contribution in [0.2, 0.25) is 0 Å². The predicted octanol–water partition coefficient (Wildman–Crippen LogP) is 23.9. The van der Waals surface area contributed by atoms with E-state index < -0.39 is 10.8 Å². The molecule has 1 atom stereocenters. The van der Waals surface area contributed by atoms with Gasteiger partial charge < -0.3 is 9.13 Å². The summed E-state index contributed by atoms with van der Waals surface area (Å²) in [5.74, 6) is 0. The zero-order chi connectivity index (χ0) is 61.0. The smallest absolute Gasteiger partial charge is 0.0726 e. The van der Waals surface area contributed by atoms with Gasteiger partial charge in [-0.1, -0.05) is 275 Å². The van der Waals surface area contributed by atoms with Crippen molar-refractivity contribution in [1.29, 1.82) is 0 Å². The molecule has 0 aliphatic heterocycles. The molecule has 0 saturated heterocycles. The number of aromatic nitrogens is 2. The Hall–Kier alpha value is -10.1. The third-order valence-electron chi connectivity index (χ3n) is 21.7. The summed E-state index contributed by atoms with van der Waals surface area (Å²) in [7, 11) is 0. The van der Waals surface area contributed by atoms with Crippen LogP contribution >= 0.6 is 43.2 Å². The second kappa shape index (κ2) is 19.2. The molecular formula is C88H52Br2N2S. The lowest BCUT2D eigenvalue weighted by Gasteiger charge is -2.30. The Balaban J connectivity index is 0.734. The van der Waals surface area contributed by atoms with Gasteiger partial charge in [-0.2, -0.15) is 0 Å². The van der Waals surface area contributed by atoms with Crippen LogP contribution in [-0.4, -0.2) is 9.13 Å². The van der Waals surface area contributed by atoms with E-state index in [1.165, 1.54) is 186 Å². The minimum absolute atomic E-state index is 0.431. The van der Waals surface area contributed by atoms with Gasteiger partial charge in [0.2, 0.25) is 0 Å². The van der Waals surface area contributed by atoms with E-state index in [4.69, 9.17) is 0 Å². The van der Waals surface area contributed by atoms with E-state index in [0.29, 0.717) is 0 Å². The number of nitrogens with zero attached hydrogens (tertiary/aromatic N) is 2. The van der Waals surface area contributed by atoms with Crippen molar-refractivity contribution in [3.05, 3.63) is 356 Å². The van der Waals surface area contributed by atoms with Crippen LogP contribution in [0.15, 0.2) is 300 Å². The molecule has 3 heterocycles. The van der Waals surface area contributed by atoms with Crippen molar-refractivity contribution >= 4 is 107 Å². The van der Waals surface area contributed by atoms with Crippen LogP contribution in [0.3, 0.4) is 0 Å². The first-order chi connectivity index (χ1) is 45.9. The van der Waals surface area contributed by atoms with Gasteiger partial charge in [0.15, 0.2) is 0 Å². The number of benzene rings is 14. The van der Waals surface area contributed by atoms with Gasteiger partial charge in [0.25, 0.3) is 0 Å². The summed E-state index contributed by atoms with van der Waals surface area (Å²) in [6, 6.07) is 111. The first kappa shape index (κ1) is 52.5. The molecule has 5 heteroatoms. The third kappa shape index (κ3) is 6.86. The van der Waals surface area contributed by atoms with Crippen molar-refractivity contribution in [2.45, 2.75) is 23.9 Å². The summed E-state index contributed by atoms with van der Waals surface area (Å²) in [6.45, 7) is 1.45. The summed E-state index contributed by atoms with van der Waals surface area (Å²) in [5.41, 5.74) is 32.8. The van der Waals surface area contributed by atoms with E-state index in [9.17, 15) is 0 Å². The van der Waals surface area contributed by atoms with Crippen molar-refractivity contribution < 1.29 is 0 Å². The predicted molar refractivity (Wildman–Crippen MR) is 395 cm³/mol. The van der Waals surface area contributed by atoms with E-state index in [1.54, 1.807) is 0 Å². The Morgan fingerprint density at radius 2 is 0.677 bits per heavy atom. The number of halogens is 2. The van der Waals surface area contributed by atoms with Crippen molar-refractivity contribution in [3.63, 3.8) is 0 Å². The monoisotopic (exact) mass is 1330 g/mol. The lowest BCUT2D eigenvalue weighted by molar-refractivity contribution is 0.793. The van der Waals surface area contributed by atoms with Gasteiger partial charge in [0.05, 0.1) is 27.4 Å². The van der Waals surface area contributed by atoms with Gasteiger partial charge in [-0.3, -0.25) is 0 Å². The van der Waals surface area contributed by atoms with Crippen molar-refractivity contribution in [1.82, 2.24) is 9.13 Å². The number of fused-ring (bicyclic) bond motifs is 31. The fourth-order valence-electron chi connectivity index (χ4n) is 17.9. The van der Waals surface area contributed by atoms with Gasteiger partial charge in [0.1, 0.15) is 0 Å². The highest BCUT2D eigenvalue weighted by atomic mass is 79.9. The second-order valence-electron chi connectivity index (χ2n) is 25.9. The van der Waals surface area contributed by atoms with Gasteiger partial charge in [-0.25, -0.2) is 0 Å². The molecule has 21 rings (SSSR count). The summed E-state index contributed by atoms with van der Waals surface area (Å²) < 4.78 is 10.1. The lowest BCUT2D eigenvalue weighted by Crippen LogP contribution is -2.25. The molecule has 0 amide bonds. The first-order valence-electron chi connectivity index (χ1n) is 32.2. The van der Waals surface area contributed by atoms with Crippen molar-refractivity contribution in [3.8, 4) is 66.8 Å². The molecular weight excluding hydrogens is 1280 g/mol. The SMILES string of the molecule is Brc1ccccc1Cn1c2ccc(-c3ccccc3)cc2c2ccc3c(c21)-c1ccccc1C31c2ccccc2-c2cc(-c3ccc4c(c3)sc3cc5c(cc34)c3ccc4c(c3n5Cc3ccccc3Br)-c3ccccc3C43c4ccccc4-c4ccccc43)ccc21. The summed E-state index contributed by atoms with van der Waals surface area (Å²) in [6.07, 6.45) is 0. The molecule has 93 heavy (non-hydrogen) atoms. The highest BCUT2D eigenvalue weighted by molar-refractivity contribution is 9.10. The Bertz CT molecular complexity index is 6130. The first-order valence-corrected chi connectivity index (χ1v) is 34.6. The minimum Gasteiger partial charge on any atom is -0.335 e. The van der Waals surface area contributed by atoms with Crippen molar-refractivity contribution in [2.75, 3.05) is 0 Å². The van der Waals surface area contributed by atoms with Crippen LogP contribution in [0.25, 0.3) is 131 Å². The molecule has 17 aromatic rings. The van der Waals surface area contributed by atoms with Crippen LogP contribution in [0, 0.1) is 0 Å². The summed E-state index contributed by atoms with van der Waals surface area (Å²) in [4.78, 5) is 0. The molecule has 434 valence electrons. The third-order valence-corrected chi connectivity index (χ3v) is 24.3. The average Bonchev–Trinajstić information content (AvgIpc) is 1.51. The number of rotatable bonds is 6. The molecule has 0 saturated carbocycles. The molecule has 4 aliphatic carbocycles. The summed E-state index contributed by atoms with van der Waals surface area (Å²) >= 11 is 9.89. The van der Waals surface area contributed by atoms with E-state index in [2.05, 4.69) is 332 Å². The van der Waals surface area contributed by atoms with Gasteiger partial charge in [0, 0.05) is 80.4 Å². The topological polar surface area (TPSA) is 9.86 Å². The Morgan fingerprint density at radius 1 is 0.269 bits per heavy atom. The van der Waals surface area contributed by atoms with Crippen LogP contribution in [-0.2, 0) is 23.9 Å². The van der Waals surface area contributed by atoms with E-state index in [0.717, 1.165) is 22.0 Å². The molecule has 3 aromatic heterocycles. The largest absolute Gasteiger partial charge is 0.335 e. The lowest BCUT2D eigenvalue weighted by atomic mass is 9.70. The molecule has 1 unspecified atom stereocenters. The Morgan fingerprint density at radius 3 is 1.26 bits per heavy atom. The standard InChI is InChI=1S/C88H52Br2N2S/c89-77-32-16-4-20-55(77)49-91-79-43-36-52(51-18-2-1-3-19-51)45-66(79)61-38-41-76-83(85(61)91)64-26-10-15-31-73(64)88(76)71-29-13-8-24-59(71)65-44-53(35-40-74(65)88)54-34-37-60-68-47-67-62-39-42-75-84(86(62)92(50-56-21-5-17-33-78(56)90)80(67)48-82(68)93-81(60)46-54)63-25-9-14-30-72(63)87(75)69-27-11-6-22-57(69)58-23-7-12-28-70(58)87/h1-48H,49-50H2. The molecule has 0 bridgehead atoms. The molecule has 2 nitrogen and oxygen atoms in total. The van der Waals surface area contributed by atoms with Crippen LogP contribution in [0.5, 0.6) is 0 Å². The zero-order valence-electron chi connectivity index (χ0n) is 50.2. The van der Waals surface area contributed by atoms with E-state index >= 15 is 0 Å². The summed E-state index contributed by atoms with van der Waals surface area (Å²) in [5, 5.41) is 7.71. The van der Waals surface area contributed by atoms with Crippen LogP contribution in [0.1, 0.15) is 55.6 Å². The van der Waals surface area contributed by atoms with Gasteiger partial charge in [-0.15, -0.1) is 11.3 Å². The number of hydrogen-bond acceptors (Lipinski definition) is 1. The normalized spacial score (nSPS) is 15.0. The Kier molecular flexibility index (Phi) is 10.8. The quantitative estimate of drug-likeness (QED) is 0.157. The number of thiophene rings is 1. The molecule has 2 spiro atoms. The average molecular weight is 1330 g/mol. The Labute approximate surface area is 558 Å². The second-order valence-corrected chi connectivity index (χ2v) is 28.7. The molecule has 0 N–H and O–H groups in total. The van der Waals surface area contributed by atoms with Gasteiger partial charge in [-0.05, 0) is 160 Å². The maximum Gasteiger partial charge on any atom is 0.0726 e. The van der Waals surface area contributed by atoms with E-state index in [1.807, 2.05) is 11.3 Å². The molecule has 0 fully saturated rings. The maximum atomic E-state index is 4.01. The minimum atomic E-state index is -0.522. The highest BCUT2D eigenvalue weighted by Gasteiger charge is 2.54. The fourth-order valence-corrected chi connectivity index (χ4v) is 19.9. The highest BCUT2D eigenvalue weighted by Crippen LogP contribution is 2.66. The maximum absolute atomic E-state index is 4.01. The van der Waals surface area contributed by atoms with Crippen LogP contribution < -0.4 is 0 Å². The van der Waals surface area contributed by atoms with Crippen molar-refractivity contribution in [2.24, 2.45) is 0 Å². The zero-order valence-corrected chi connectivity index (χ0v) is 54.2. The number of hydrogen-bond donors (Lipinski definition) is 0. The van der Waals surface area contributed by atoms with E-state index in [-0.39, 0.29) is 0 Å². The molecule has 4 aliphatic rings. The van der Waals surface area contributed by atoms with Crippen LogP contribution in [0.4, 0.5) is 0 Å².